The van der Waals surface area contributed by atoms with Crippen LogP contribution in [0.4, 0.5) is 18.9 Å². The quantitative estimate of drug-likeness (QED) is 0.807. The molecule has 5 nitrogen and oxygen atoms in total. The van der Waals surface area contributed by atoms with E-state index in [1.54, 1.807) is 0 Å². The number of phenols is 1. The van der Waals surface area contributed by atoms with Crippen LogP contribution in [-0.2, 0) is 10.0 Å². The average Bonchev–Trinajstić information content (AvgIpc) is 2.42. The van der Waals surface area contributed by atoms with Gasteiger partial charge in [0.25, 0.3) is 10.0 Å². The first-order valence-electron chi connectivity index (χ1n) is 5.95. The average molecular weight is 368 g/mol. The van der Waals surface area contributed by atoms with Crippen LogP contribution < -0.4 is 9.46 Å². The lowest BCUT2D eigenvalue weighted by Gasteiger charge is -2.15. The highest BCUT2D eigenvalue weighted by molar-refractivity contribution is 7.92. The van der Waals surface area contributed by atoms with Gasteiger partial charge < -0.3 is 9.84 Å². The van der Waals surface area contributed by atoms with Gasteiger partial charge in [0.2, 0.25) is 0 Å². The maximum absolute atomic E-state index is 12.4. The van der Waals surface area contributed by atoms with Crippen molar-refractivity contribution >= 4 is 27.3 Å². The second-order valence-corrected chi connectivity index (χ2v) is 6.29. The van der Waals surface area contributed by atoms with Crippen LogP contribution >= 0.6 is 11.6 Å². The molecule has 0 aromatic heterocycles. The van der Waals surface area contributed by atoms with E-state index in [9.17, 15) is 26.7 Å². The van der Waals surface area contributed by atoms with Gasteiger partial charge in [-0.05, 0) is 24.3 Å². The molecule has 2 aromatic rings. The van der Waals surface area contributed by atoms with Crippen LogP contribution in [0.15, 0.2) is 47.4 Å². The monoisotopic (exact) mass is 367 g/mol. The van der Waals surface area contributed by atoms with Gasteiger partial charge in [-0.2, -0.15) is 0 Å². The van der Waals surface area contributed by atoms with Crippen molar-refractivity contribution in [3.05, 3.63) is 47.5 Å². The summed E-state index contributed by atoms with van der Waals surface area (Å²) >= 11 is 5.77. The van der Waals surface area contributed by atoms with Crippen LogP contribution in [0.1, 0.15) is 0 Å². The predicted octanol–water partition coefficient (Wildman–Crippen LogP) is 3.75. The molecule has 0 atom stereocenters. The Balaban J connectivity index is 2.45. The minimum atomic E-state index is -5.06. The highest BCUT2D eigenvalue weighted by Gasteiger charge is 2.34. The molecule has 2 rings (SSSR count). The van der Waals surface area contributed by atoms with Crippen molar-refractivity contribution in [3.8, 4) is 11.5 Å². The summed E-state index contributed by atoms with van der Waals surface area (Å²) in [6.45, 7) is 0. The first-order chi connectivity index (χ1) is 10.6. The highest BCUT2D eigenvalue weighted by atomic mass is 35.5. The summed E-state index contributed by atoms with van der Waals surface area (Å²) in [5.74, 6) is -1.38. The van der Waals surface area contributed by atoms with E-state index < -0.39 is 32.8 Å². The third kappa shape index (κ3) is 4.20. The first kappa shape index (κ1) is 17.2. The van der Waals surface area contributed by atoms with Gasteiger partial charge in [0.05, 0.1) is 5.02 Å². The molecule has 0 heterocycles. The number of alkyl halides is 3. The van der Waals surface area contributed by atoms with Crippen molar-refractivity contribution in [1.82, 2.24) is 0 Å². The smallest absolute Gasteiger partial charge is 0.506 e. The first-order valence-corrected chi connectivity index (χ1v) is 7.81. The maximum Gasteiger partial charge on any atom is 0.573 e. The fraction of sp³-hybridized carbons (Fsp3) is 0.0769. The van der Waals surface area contributed by atoms with Gasteiger partial charge in [0, 0.05) is 0 Å². The van der Waals surface area contributed by atoms with E-state index in [2.05, 4.69) is 4.74 Å². The largest absolute Gasteiger partial charge is 0.573 e. The number of hydrogen-bond donors (Lipinski definition) is 2. The summed E-state index contributed by atoms with van der Waals surface area (Å²) in [6, 6.07) is 8.04. The number of para-hydroxylation sites is 2. The molecule has 2 aromatic carbocycles. The Morgan fingerprint density at radius 1 is 1.09 bits per heavy atom. The van der Waals surface area contributed by atoms with Gasteiger partial charge in [0.1, 0.15) is 22.1 Å². The Bertz CT molecular complexity index is 804. The Hall–Kier alpha value is -2.13. The van der Waals surface area contributed by atoms with E-state index >= 15 is 0 Å². The van der Waals surface area contributed by atoms with E-state index in [4.69, 9.17) is 11.6 Å². The number of halogens is 4. The minimum absolute atomic E-state index is 0.122. The van der Waals surface area contributed by atoms with Gasteiger partial charge >= 0.3 is 6.36 Å². The zero-order valence-electron chi connectivity index (χ0n) is 11.1. The lowest BCUT2D eigenvalue weighted by atomic mass is 10.3. The molecule has 0 fully saturated rings. The summed E-state index contributed by atoms with van der Waals surface area (Å²) in [6.07, 6.45) is -5.06. The van der Waals surface area contributed by atoms with E-state index in [0.717, 1.165) is 12.1 Å². The van der Waals surface area contributed by atoms with Crippen molar-refractivity contribution in [2.45, 2.75) is 11.3 Å². The van der Waals surface area contributed by atoms with Gasteiger partial charge in [-0.25, -0.2) is 8.42 Å². The molecule has 0 aliphatic heterocycles. The molecule has 10 heteroatoms. The summed E-state index contributed by atoms with van der Waals surface area (Å²) in [5.41, 5.74) is -0.351. The fourth-order valence-electron chi connectivity index (χ4n) is 1.68. The maximum atomic E-state index is 12.4. The van der Waals surface area contributed by atoms with Gasteiger partial charge in [0.15, 0.2) is 0 Å². The summed E-state index contributed by atoms with van der Waals surface area (Å²) in [4.78, 5) is -0.753. The Morgan fingerprint density at radius 2 is 1.74 bits per heavy atom. The standard InChI is InChI=1S/C13H9ClF3NO4S/c14-8-4-3-5-9(19)12(8)18-23(20,21)11-7-2-1-6-10(11)22-13(15,16)17/h1-7,18-19H. The van der Waals surface area contributed by atoms with Crippen LogP contribution in [0.25, 0.3) is 0 Å². The normalized spacial score (nSPS) is 12.0. The van der Waals surface area contributed by atoms with Gasteiger partial charge in [-0.1, -0.05) is 29.8 Å². The van der Waals surface area contributed by atoms with Crippen molar-refractivity contribution in [2.24, 2.45) is 0 Å². The summed E-state index contributed by atoms with van der Waals surface area (Å²) in [7, 11) is -4.48. The number of sulfonamides is 1. The molecular formula is C13H9ClF3NO4S. The second-order valence-electron chi connectivity index (χ2n) is 4.23. The minimum Gasteiger partial charge on any atom is -0.506 e. The van der Waals surface area contributed by atoms with E-state index in [0.29, 0.717) is 0 Å². The third-order valence-corrected chi connectivity index (χ3v) is 4.30. The molecular weight excluding hydrogens is 359 g/mol. The zero-order chi connectivity index (χ0) is 17.3. The molecule has 0 saturated heterocycles. The fourth-order valence-corrected chi connectivity index (χ4v) is 3.18. The van der Waals surface area contributed by atoms with Crippen molar-refractivity contribution < 1.29 is 31.4 Å². The lowest BCUT2D eigenvalue weighted by Crippen LogP contribution is -2.21. The molecule has 23 heavy (non-hydrogen) atoms. The number of rotatable bonds is 4. The third-order valence-electron chi connectivity index (χ3n) is 2.59. The number of ether oxygens (including phenoxy) is 1. The van der Waals surface area contributed by atoms with Crippen molar-refractivity contribution in [3.63, 3.8) is 0 Å². The molecule has 0 unspecified atom stereocenters. The topological polar surface area (TPSA) is 75.6 Å². The van der Waals surface area contributed by atoms with E-state index in [1.165, 1.54) is 30.3 Å². The summed E-state index contributed by atoms with van der Waals surface area (Å²) in [5, 5.41) is 9.51. The predicted molar refractivity (Wildman–Crippen MR) is 77.1 cm³/mol. The molecule has 0 radical (unpaired) electrons. The number of phenolic OH excluding ortho intramolecular Hbond substituents is 1. The number of hydrogen-bond acceptors (Lipinski definition) is 4. The zero-order valence-corrected chi connectivity index (χ0v) is 12.7. The van der Waals surface area contributed by atoms with Crippen LogP contribution in [0.3, 0.4) is 0 Å². The number of nitrogens with one attached hydrogen (secondary N) is 1. The molecule has 0 saturated carbocycles. The SMILES string of the molecule is O=S(=O)(Nc1c(O)cccc1Cl)c1ccccc1OC(F)(F)F. The van der Waals surface area contributed by atoms with E-state index in [1.807, 2.05) is 4.72 Å². The summed E-state index contributed by atoms with van der Waals surface area (Å²) < 4.78 is 67.3. The Kier molecular flexibility index (Phi) is 4.62. The van der Waals surface area contributed by atoms with Crippen LogP contribution in [-0.4, -0.2) is 19.9 Å². The molecule has 124 valence electrons. The molecule has 0 bridgehead atoms. The number of benzene rings is 2. The highest BCUT2D eigenvalue weighted by Crippen LogP contribution is 2.35. The van der Waals surface area contributed by atoms with E-state index in [-0.39, 0.29) is 10.7 Å². The van der Waals surface area contributed by atoms with Gasteiger partial charge in [-0.15, -0.1) is 13.2 Å². The van der Waals surface area contributed by atoms with Crippen LogP contribution in [0.2, 0.25) is 5.02 Å². The molecule has 2 N–H and O–H groups in total. The second kappa shape index (κ2) is 6.17. The van der Waals surface area contributed by atoms with Gasteiger partial charge in [-0.3, -0.25) is 4.72 Å². The van der Waals surface area contributed by atoms with Crippen molar-refractivity contribution in [1.29, 1.82) is 0 Å². The number of aromatic hydroxyl groups is 1. The Morgan fingerprint density at radius 3 is 2.35 bits per heavy atom. The molecule has 0 amide bonds. The van der Waals surface area contributed by atoms with Crippen LogP contribution in [0.5, 0.6) is 11.5 Å². The number of anilines is 1. The molecule has 0 aliphatic carbocycles. The Labute approximate surface area is 134 Å². The van der Waals surface area contributed by atoms with Crippen LogP contribution in [0, 0.1) is 0 Å². The molecule has 0 aliphatic rings. The lowest BCUT2D eigenvalue weighted by molar-refractivity contribution is -0.275. The molecule has 0 spiro atoms. The van der Waals surface area contributed by atoms with Crippen molar-refractivity contribution in [2.75, 3.05) is 4.72 Å².